The molecule has 4 N–H and O–H groups in total. The maximum absolute atomic E-state index is 14.0. The van der Waals surface area contributed by atoms with Gasteiger partial charge in [-0.1, -0.05) is 45.0 Å². The van der Waals surface area contributed by atoms with Crippen molar-refractivity contribution in [1.82, 2.24) is 25.1 Å². The summed E-state index contributed by atoms with van der Waals surface area (Å²) < 4.78 is 72.1. The zero-order valence-corrected chi connectivity index (χ0v) is 40.5. The van der Waals surface area contributed by atoms with Crippen molar-refractivity contribution in [2.75, 3.05) is 32.1 Å². The number of benzene rings is 2. The van der Waals surface area contributed by atoms with Gasteiger partial charge in [0.15, 0.2) is 21.4 Å². The van der Waals surface area contributed by atoms with Crippen molar-refractivity contribution in [1.29, 1.82) is 0 Å². The summed E-state index contributed by atoms with van der Waals surface area (Å²) in [7, 11) is -6.67. The minimum absolute atomic E-state index is 0.0269. The number of nitrogens with zero attached hydrogens (tertiary/aromatic N) is 2. The molecule has 0 bridgehead atoms. The average molecular weight is 957 g/mol. The summed E-state index contributed by atoms with van der Waals surface area (Å²) in [5.74, 6) is -1.30. The molecule has 0 saturated carbocycles. The number of carbonyl (C=O) groups excluding carboxylic acids is 4. The number of thiophene rings is 1. The van der Waals surface area contributed by atoms with Gasteiger partial charge in [0.2, 0.25) is 5.91 Å². The number of urea groups is 1. The fraction of sp³-hybridized carbons (Fsp3) is 0.489. The Balaban J connectivity index is 1.19. The molecule has 0 aliphatic carbocycles. The second kappa shape index (κ2) is 21.5. The maximum atomic E-state index is 14.0. The molecule has 1 aliphatic rings. The Kier molecular flexibility index (Phi) is 16.9. The van der Waals surface area contributed by atoms with E-state index in [9.17, 15) is 36.0 Å². The Morgan fingerprint density at radius 1 is 1.00 bits per heavy atom. The van der Waals surface area contributed by atoms with Gasteiger partial charge in [-0.15, -0.1) is 11.3 Å². The first-order valence-electron chi connectivity index (χ1n) is 21.5. The van der Waals surface area contributed by atoms with Crippen LogP contribution in [0.2, 0.25) is 0 Å². The zero-order valence-electron chi connectivity index (χ0n) is 38.1. The molecule has 65 heavy (non-hydrogen) atoms. The number of carbonyl (C=O) groups is 4. The number of amides is 3. The minimum atomic E-state index is -4.47. The number of aromatic nitrogens is 2. The van der Waals surface area contributed by atoms with E-state index >= 15 is 0 Å². The van der Waals surface area contributed by atoms with Crippen LogP contribution >= 0.6 is 11.3 Å². The third kappa shape index (κ3) is 12.3. The van der Waals surface area contributed by atoms with Crippen molar-refractivity contribution in [3.8, 4) is 16.9 Å². The number of nitrogens with one attached hydrogen (secondary N) is 4. The highest BCUT2D eigenvalue weighted by Crippen LogP contribution is 2.43. The number of H-pyrrole nitrogens is 1. The van der Waals surface area contributed by atoms with Crippen LogP contribution in [0.1, 0.15) is 97.7 Å². The number of hydrogen-bond donors (Lipinski definition) is 4. The summed E-state index contributed by atoms with van der Waals surface area (Å²) >= 11 is 0.592. The van der Waals surface area contributed by atoms with Gasteiger partial charge in [0.05, 0.1) is 25.2 Å². The third-order valence-corrected chi connectivity index (χ3v) is 17.5. The summed E-state index contributed by atoms with van der Waals surface area (Å²) in [5, 5.41) is 12.2. The van der Waals surface area contributed by atoms with Crippen LogP contribution in [-0.4, -0.2) is 105 Å². The molecule has 3 heterocycles. The van der Waals surface area contributed by atoms with Crippen molar-refractivity contribution in [2.45, 2.75) is 124 Å². The second-order valence-electron chi connectivity index (χ2n) is 16.4. The molecule has 3 amide bonds. The maximum Gasteiger partial charge on any atom is 0.322 e. The van der Waals surface area contributed by atoms with Crippen molar-refractivity contribution < 1.29 is 50.2 Å². The smallest absolute Gasteiger partial charge is 0.322 e. The molecule has 2 aromatic carbocycles. The summed E-state index contributed by atoms with van der Waals surface area (Å²) in [6.07, 6.45) is 2.08. The standard InChI is InChI=1S/C45H60N6O11S3/c1-9-44(6,38(52)19-20-39(53)50-65(58,59)40-25-36-37(46-11-3)23-29(4)64(56,57)42(36)63-40)62-30(5)41(54)45(7,10-2)61-22-21-51(28-31-13-12-14-35(24-31)60-8)43(55)49-34-17-15-32(16-18-34)33-26-47-48-27-33/h12-18,24-27,29-30,37,46H,9-11,19-23,28H2,1-8H3,(H,47,48)(H,49,55)(H,50,53)/t29-,30-,37-,44?,45?/m0/s1. The Bertz CT molecular complexity index is 2530. The van der Waals surface area contributed by atoms with E-state index in [0.717, 1.165) is 16.7 Å². The third-order valence-electron chi connectivity index (χ3n) is 11.8. The van der Waals surface area contributed by atoms with Crippen molar-refractivity contribution in [3.05, 3.63) is 78.1 Å². The van der Waals surface area contributed by atoms with Gasteiger partial charge in [-0.25, -0.2) is 26.4 Å². The van der Waals surface area contributed by atoms with Crippen LogP contribution in [-0.2, 0) is 50.3 Å². The number of sulfonamides is 1. The Labute approximate surface area is 385 Å². The molecule has 5 atom stereocenters. The van der Waals surface area contributed by atoms with E-state index in [1.54, 1.807) is 70.3 Å². The molecule has 0 radical (unpaired) electrons. The van der Waals surface area contributed by atoms with Crippen LogP contribution < -0.4 is 20.1 Å². The fourth-order valence-corrected chi connectivity index (χ4v) is 12.5. The highest BCUT2D eigenvalue weighted by Gasteiger charge is 2.42. The van der Waals surface area contributed by atoms with Gasteiger partial charge >= 0.3 is 6.03 Å². The van der Waals surface area contributed by atoms with E-state index in [-0.39, 0.29) is 53.4 Å². The van der Waals surface area contributed by atoms with Crippen LogP contribution in [0.15, 0.2) is 75.4 Å². The molecule has 4 aromatic rings. The number of rotatable bonds is 23. The monoisotopic (exact) mass is 956 g/mol. The molecule has 17 nitrogen and oxygen atoms in total. The lowest BCUT2D eigenvalue weighted by Gasteiger charge is -2.35. The summed E-state index contributed by atoms with van der Waals surface area (Å²) in [4.78, 5) is 56.0. The normalized spacial score (nSPS) is 18.0. The van der Waals surface area contributed by atoms with Crippen LogP contribution in [0.4, 0.5) is 10.5 Å². The number of fused-ring (bicyclic) bond motifs is 1. The van der Waals surface area contributed by atoms with Crippen LogP contribution in [0, 0.1) is 0 Å². The van der Waals surface area contributed by atoms with E-state index in [1.165, 1.54) is 19.9 Å². The molecule has 0 spiro atoms. The van der Waals surface area contributed by atoms with E-state index in [2.05, 4.69) is 20.8 Å². The fourth-order valence-electron chi connectivity index (χ4n) is 7.46. The van der Waals surface area contributed by atoms with E-state index in [0.29, 0.717) is 34.9 Å². The average Bonchev–Trinajstić information content (AvgIpc) is 4.00. The number of ketones is 2. The Hall–Kier alpha value is -4.99. The number of aromatic amines is 1. The van der Waals surface area contributed by atoms with E-state index in [1.807, 2.05) is 42.0 Å². The molecule has 2 aromatic heterocycles. The molecular formula is C45H60N6O11S3. The van der Waals surface area contributed by atoms with Gasteiger partial charge in [-0.05, 0) is 95.0 Å². The quantitative estimate of drug-likeness (QED) is 0.0616. The van der Waals surface area contributed by atoms with Gasteiger partial charge in [0.25, 0.3) is 10.0 Å². The molecule has 354 valence electrons. The first kappa shape index (κ1) is 51.0. The van der Waals surface area contributed by atoms with Crippen molar-refractivity contribution >= 4 is 60.4 Å². The van der Waals surface area contributed by atoms with E-state index < -0.39 is 78.8 Å². The molecule has 20 heteroatoms. The molecule has 5 rings (SSSR count). The van der Waals surface area contributed by atoms with Gasteiger partial charge < -0.3 is 29.7 Å². The largest absolute Gasteiger partial charge is 0.497 e. The SMILES string of the molecule is CCN[C@H]1C[C@H](C)S(=O)(=O)c2sc(S(=O)(=O)NC(=O)CCC(=O)C(C)(CC)O[C@@H](C)C(=O)C(C)(CC)OCCN(Cc3cccc(OC)c3)C(=O)Nc3ccc(-c4cn[nH]c4)cc3)cc21. The summed E-state index contributed by atoms with van der Waals surface area (Å²) in [6, 6.07) is 15.2. The lowest BCUT2D eigenvalue weighted by Crippen LogP contribution is -2.50. The van der Waals surface area contributed by atoms with Gasteiger partial charge in [0.1, 0.15) is 31.5 Å². The number of hydrogen-bond acceptors (Lipinski definition) is 14. The number of Topliss-reactive ketones (excluding diaryl/α,β-unsaturated/α-hetero) is 2. The zero-order chi connectivity index (χ0) is 47.7. The van der Waals surface area contributed by atoms with Gasteiger partial charge in [-0.2, -0.15) is 5.10 Å². The number of methoxy groups -OCH3 is 1. The van der Waals surface area contributed by atoms with Gasteiger partial charge in [0, 0.05) is 55.0 Å². The van der Waals surface area contributed by atoms with Crippen LogP contribution in [0.5, 0.6) is 5.75 Å². The number of anilines is 1. The topological polar surface area (TPSA) is 232 Å². The summed E-state index contributed by atoms with van der Waals surface area (Å²) in [5.41, 5.74) is 0.646. The molecule has 0 saturated heterocycles. The van der Waals surface area contributed by atoms with Crippen LogP contribution in [0.3, 0.4) is 0 Å². The molecule has 0 fully saturated rings. The lowest BCUT2D eigenvalue weighted by atomic mass is 9.91. The second-order valence-corrected chi connectivity index (χ2v) is 21.9. The first-order chi connectivity index (χ1) is 30.7. The van der Waals surface area contributed by atoms with Gasteiger partial charge in [-0.3, -0.25) is 19.5 Å². The van der Waals surface area contributed by atoms with Crippen LogP contribution in [0.25, 0.3) is 11.1 Å². The summed E-state index contributed by atoms with van der Waals surface area (Å²) in [6.45, 7) is 12.4. The minimum Gasteiger partial charge on any atom is -0.497 e. The van der Waals surface area contributed by atoms with Crippen molar-refractivity contribution in [2.24, 2.45) is 0 Å². The van der Waals surface area contributed by atoms with Crippen molar-refractivity contribution in [3.63, 3.8) is 0 Å². The predicted octanol–water partition coefficient (Wildman–Crippen LogP) is 6.58. The highest BCUT2D eigenvalue weighted by molar-refractivity contribution is 7.95. The molecule has 2 unspecified atom stereocenters. The number of sulfone groups is 1. The Morgan fingerprint density at radius 3 is 2.34 bits per heavy atom. The molecular weight excluding hydrogens is 897 g/mol. The predicted molar refractivity (Wildman–Crippen MR) is 247 cm³/mol. The Morgan fingerprint density at radius 2 is 1.71 bits per heavy atom. The highest BCUT2D eigenvalue weighted by atomic mass is 32.3. The first-order valence-corrected chi connectivity index (χ1v) is 25.4. The number of ether oxygens (including phenoxy) is 3. The van der Waals surface area contributed by atoms with E-state index in [4.69, 9.17) is 14.2 Å². The lowest BCUT2D eigenvalue weighted by molar-refractivity contribution is -0.170. The molecule has 1 aliphatic heterocycles.